The van der Waals surface area contributed by atoms with Gasteiger partial charge in [-0.05, 0) is 19.3 Å². The minimum absolute atomic E-state index is 0.0188. The Hall–Kier alpha value is -1.27. The molecule has 92 valence electrons. The lowest BCUT2D eigenvalue weighted by molar-refractivity contribution is -0.119. The molecular weight excluding hydrogens is 238 g/mol. The van der Waals surface area contributed by atoms with Gasteiger partial charge >= 0.3 is 0 Å². The highest BCUT2D eigenvalue weighted by atomic mass is 32.1. The van der Waals surface area contributed by atoms with Crippen LogP contribution in [-0.2, 0) is 4.79 Å². The molecule has 3 N–H and O–H groups in total. The lowest BCUT2D eigenvalue weighted by Gasteiger charge is -2.08. The number of Topliss-reactive ketones (excluding diaryl/α,β-unsaturated/α-hetero) is 1. The van der Waals surface area contributed by atoms with E-state index in [1.54, 1.807) is 5.38 Å². The van der Waals surface area contributed by atoms with Crippen LogP contribution in [0.5, 0.6) is 0 Å². The van der Waals surface area contributed by atoms with Gasteiger partial charge in [-0.1, -0.05) is 0 Å². The number of carbonyl (C=O) groups is 2. The molecule has 2 atom stereocenters. The van der Waals surface area contributed by atoms with Crippen LogP contribution in [0.1, 0.15) is 36.7 Å². The first-order valence-corrected chi connectivity index (χ1v) is 6.47. The van der Waals surface area contributed by atoms with Crippen molar-refractivity contribution in [3.63, 3.8) is 0 Å². The van der Waals surface area contributed by atoms with Gasteiger partial charge in [-0.3, -0.25) is 9.59 Å². The van der Waals surface area contributed by atoms with Crippen molar-refractivity contribution >= 4 is 28.2 Å². The van der Waals surface area contributed by atoms with Crippen LogP contribution >= 0.6 is 11.3 Å². The van der Waals surface area contributed by atoms with E-state index in [0.29, 0.717) is 10.8 Å². The van der Waals surface area contributed by atoms with Crippen molar-refractivity contribution in [3.05, 3.63) is 11.1 Å². The van der Waals surface area contributed by atoms with E-state index in [4.69, 9.17) is 5.73 Å². The summed E-state index contributed by atoms with van der Waals surface area (Å²) in [5, 5.41) is 4.88. The van der Waals surface area contributed by atoms with E-state index in [-0.39, 0.29) is 23.7 Å². The van der Waals surface area contributed by atoms with Gasteiger partial charge in [0.1, 0.15) is 5.69 Å². The van der Waals surface area contributed by atoms with Gasteiger partial charge in [0.15, 0.2) is 10.9 Å². The molecule has 5 nitrogen and oxygen atoms in total. The maximum absolute atomic E-state index is 11.9. The fourth-order valence-electron chi connectivity index (χ4n) is 1.95. The molecule has 1 aliphatic rings. The Morgan fingerprint density at radius 1 is 1.53 bits per heavy atom. The fourth-order valence-corrected chi connectivity index (χ4v) is 2.71. The fraction of sp³-hybridized carbons (Fsp3) is 0.545. The number of ketones is 1. The molecule has 0 aromatic carbocycles. The molecule has 1 fully saturated rings. The van der Waals surface area contributed by atoms with Crippen LogP contribution < -0.4 is 11.1 Å². The smallest absolute Gasteiger partial charge is 0.229 e. The highest BCUT2D eigenvalue weighted by molar-refractivity contribution is 7.14. The van der Waals surface area contributed by atoms with Gasteiger partial charge < -0.3 is 11.1 Å². The number of thiazole rings is 1. The quantitative estimate of drug-likeness (QED) is 0.798. The molecule has 1 saturated carbocycles. The minimum atomic E-state index is -0.0929. The third-order valence-corrected chi connectivity index (χ3v) is 3.70. The maximum Gasteiger partial charge on any atom is 0.229 e. The number of aromatic nitrogens is 1. The predicted molar refractivity (Wildman–Crippen MR) is 66.1 cm³/mol. The average Bonchev–Trinajstić information content (AvgIpc) is 2.86. The van der Waals surface area contributed by atoms with Crippen LogP contribution in [0.3, 0.4) is 0 Å². The molecule has 1 aliphatic carbocycles. The summed E-state index contributed by atoms with van der Waals surface area (Å²) in [6.45, 7) is 1.46. The van der Waals surface area contributed by atoms with Crippen molar-refractivity contribution < 1.29 is 9.59 Å². The number of anilines is 1. The number of nitrogens with zero attached hydrogens (tertiary/aromatic N) is 1. The lowest BCUT2D eigenvalue weighted by Crippen LogP contribution is -2.23. The molecule has 1 heterocycles. The molecule has 2 rings (SSSR count). The average molecular weight is 253 g/mol. The minimum Gasteiger partial charge on any atom is -0.328 e. The summed E-state index contributed by atoms with van der Waals surface area (Å²) >= 11 is 1.27. The van der Waals surface area contributed by atoms with Crippen LogP contribution in [0.4, 0.5) is 5.13 Å². The second kappa shape index (κ2) is 4.93. The number of amides is 1. The zero-order valence-corrected chi connectivity index (χ0v) is 10.4. The lowest BCUT2D eigenvalue weighted by atomic mass is 10.1. The number of hydrogen-bond donors (Lipinski definition) is 2. The molecule has 6 heteroatoms. The maximum atomic E-state index is 11.9. The number of nitrogens with one attached hydrogen (secondary N) is 1. The molecule has 1 amide bonds. The van der Waals surface area contributed by atoms with Crippen LogP contribution in [0.15, 0.2) is 5.38 Å². The summed E-state index contributed by atoms with van der Waals surface area (Å²) in [4.78, 5) is 27.0. The van der Waals surface area contributed by atoms with Crippen molar-refractivity contribution in [1.82, 2.24) is 4.98 Å². The third-order valence-electron chi connectivity index (χ3n) is 2.94. The first-order chi connectivity index (χ1) is 8.06. The summed E-state index contributed by atoms with van der Waals surface area (Å²) in [5.74, 6) is -0.151. The number of rotatable bonds is 3. The molecule has 0 bridgehead atoms. The Morgan fingerprint density at radius 2 is 2.29 bits per heavy atom. The second-order valence-electron chi connectivity index (χ2n) is 4.35. The van der Waals surface area contributed by atoms with Gasteiger partial charge in [0, 0.05) is 24.3 Å². The highest BCUT2D eigenvalue weighted by Crippen LogP contribution is 2.26. The van der Waals surface area contributed by atoms with E-state index in [1.165, 1.54) is 18.3 Å². The number of carbonyl (C=O) groups excluding carboxylic acids is 2. The van der Waals surface area contributed by atoms with E-state index in [1.807, 2.05) is 0 Å². The molecule has 0 radical (unpaired) electrons. The number of hydrogen-bond acceptors (Lipinski definition) is 5. The molecule has 0 spiro atoms. The van der Waals surface area contributed by atoms with Gasteiger partial charge in [0.25, 0.3) is 0 Å². The Balaban J connectivity index is 1.96. The highest BCUT2D eigenvalue weighted by Gasteiger charge is 2.28. The van der Waals surface area contributed by atoms with E-state index >= 15 is 0 Å². The summed E-state index contributed by atoms with van der Waals surface area (Å²) in [5.41, 5.74) is 6.16. The molecule has 2 unspecified atom stereocenters. The largest absolute Gasteiger partial charge is 0.328 e. The normalized spacial score (nSPS) is 23.6. The molecule has 17 heavy (non-hydrogen) atoms. The summed E-state index contributed by atoms with van der Waals surface area (Å²) in [6.07, 6.45) is 2.46. The van der Waals surface area contributed by atoms with Gasteiger partial charge in [-0.2, -0.15) is 0 Å². The van der Waals surface area contributed by atoms with Crippen molar-refractivity contribution in [2.24, 2.45) is 11.7 Å². The SMILES string of the molecule is CC(=O)c1csc(NC(=O)C2CCC(N)C2)n1. The monoisotopic (exact) mass is 253 g/mol. The Labute approximate surface area is 103 Å². The van der Waals surface area contributed by atoms with Crippen molar-refractivity contribution in [1.29, 1.82) is 0 Å². The summed E-state index contributed by atoms with van der Waals surface area (Å²) in [7, 11) is 0. The molecule has 1 aromatic rings. The zero-order chi connectivity index (χ0) is 12.4. The van der Waals surface area contributed by atoms with Crippen LogP contribution in [0, 0.1) is 5.92 Å². The van der Waals surface area contributed by atoms with Crippen molar-refractivity contribution in [2.75, 3.05) is 5.32 Å². The van der Waals surface area contributed by atoms with Gasteiger partial charge in [0.05, 0.1) is 0 Å². The topological polar surface area (TPSA) is 85.1 Å². The van der Waals surface area contributed by atoms with Crippen molar-refractivity contribution in [2.45, 2.75) is 32.2 Å². The first kappa shape index (κ1) is 12.2. The second-order valence-corrected chi connectivity index (χ2v) is 5.21. The molecule has 1 aromatic heterocycles. The van der Waals surface area contributed by atoms with Crippen LogP contribution in [-0.4, -0.2) is 22.7 Å². The first-order valence-electron chi connectivity index (χ1n) is 5.59. The molecule has 0 saturated heterocycles. The summed E-state index contributed by atoms with van der Waals surface area (Å²) < 4.78 is 0. The zero-order valence-electron chi connectivity index (χ0n) is 9.60. The van der Waals surface area contributed by atoms with E-state index < -0.39 is 0 Å². The predicted octanol–water partition coefficient (Wildman–Crippen LogP) is 1.41. The number of nitrogens with two attached hydrogens (primary N) is 1. The van der Waals surface area contributed by atoms with E-state index in [9.17, 15) is 9.59 Å². The molecular formula is C11H15N3O2S. The van der Waals surface area contributed by atoms with Gasteiger partial charge in [-0.25, -0.2) is 4.98 Å². The van der Waals surface area contributed by atoms with Gasteiger partial charge in [-0.15, -0.1) is 11.3 Å². The Kier molecular flexibility index (Phi) is 3.54. The van der Waals surface area contributed by atoms with Crippen LogP contribution in [0.2, 0.25) is 0 Å². The van der Waals surface area contributed by atoms with Gasteiger partial charge in [0.2, 0.25) is 5.91 Å². The van der Waals surface area contributed by atoms with E-state index in [0.717, 1.165) is 19.3 Å². The Morgan fingerprint density at radius 3 is 2.82 bits per heavy atom. The Bertz CT molecular complexity index is 444. The van der Waals surface area contributed by atoms with E-state index in [2.05, 4.69) is 10.3 Å². The van der Waals surface area contributed by atoms with Crippen molar-refractivity contribution in [3.8, 4) is 0 Å². The summed E-state index contributed by atoms with van der Waals surface area (Å²) in [6, 6.07) is 0.134. The molecule has 0 aliphatic heterocycles. The van der Waals surface area contributed by atoms with Crippen LogP contribution in [0.25, 0.3) is 0 Å². The standard InChI is InChI=1S/C11H15N3O2S/c1-6(15)9-5-17-11(13-9)14-10(16)7-2-3-8(12)4-7/h5,7-8H,2-4,12H2,1H3,(H,13,14,16). The third kappa shape index (κ3) is 2.89.